The van der Waals surface area contributed by atoms with E-state index in [-0.39, 0.29) is 4.90 Å². The minimum Gasteiger partial charge on any atom is -0.478 e. The number of sulfonamides is 1. The second-order valence-electron chi connectivity index (χ2n) is 4.48. The lowest BCUT2D eigenvalue weighted by Gasteiger charge is -2.17. The topological polar surface area (TPSA) is 74.7 Å². The van der Waals surface area contributed by atoms with E-state index in [1.807, 2.05) is 6.92 Å². The zero-order chi connectivity index (χ0) is 15.3. The third kappa shape index (κ3) is 3.77. The number of rotatable bonds is 7. The summed E-state index contributed by atoms with van der Waals surface area (Å²) in [6, 6.07) is 2.78. The van der Waals surface area contributed by atoms with Gasteiger partial charge in [0.2, 0.25) is 10.0 Å². The molecule has 0 aliphatic rings. The average molecular weight is 303 g/mol. The van der Waals surface area contributed by atoms with E-state index in [0.717, 1.165) is 41.8 Å². The van der Waals surface area contributed by atoms with E-state index < -0.39 is 27.4 Å². The van der Waals surface area contributed by atoms with Crippen molar-refractivity contribution in [2.45, 2.75) is 31.1 Å². The van der Waals surface area contributed by atoms with Crippen LogP contribution in [0.15, 0.2) is 23.1 Å². The van der Waals surface area contributed by atoms with Crippen LogP contribution in [0.25, 0.3) is 0 Å². The minimum absolute atomic E-state index is 0.213. The van der Waals surface area contributed by atoms with Crippen molar-refractivity contribution in [1.29, 1.82) is 0 Å². The first-order valence-corrected chi connectivity index (χ1v) is 7.74. The number of halogens is 1. The molecule has 0 aliphatic carbocycles. The summed E-state index contributed by atoms with van der Waals surface area (Å²) in [4.78, 5) is 10.6. The highest BCUT2D eigenvalue weighted by Crippen LogP contribution is 2.19. The van der Waals surface area contributed by atoms with E-state index in [4.69, 9.17) is 5.11 Å². The summed E-state index contributed by atoms with van der Waals surface area (Å²) in [5.74, 6) is -2.45. The van der Waals surface area contributed by atoms with Crippen molar-refractivity contribution in [3.8, 4) is 0 Å². The second kappa shape index (κ2) is 6.81. The number of carboxylic acids is 1. The fraction of sp³-hybridized carbons (Fsp3) is 0.462. The highest BCUT2D eigenvalue weighted by molar-refractivity contribution is 7.89. The van der Waals surface area contributed by atoms with Crippen LogP contribution < -0.4 is 0 Å². The van der Waals surface area contributed by atoms with Gasteiger partial charge in [0.1, 0.15) is 5.82 Å². The molecule has 1 aromatic rings. The van der Waals surface area contributed by atoms with Gasteiger partial charge in [-0.05, 0) is 24.6 Å². The Kier molecular flexibility index (Phi) is 5.64. The molecule has 0 unspecified atom stereocenters. The van der Waals surface area contributed by atoms with Gasteiger partial charge in [0.15, 0.2) is 0 Å². The molecule has 1 aromatic carbocycles. The largest absolute Gasteiger partial charge is 0.478 e. The minimum atomic E-state index is -3.79. The van der Waals surface area contributed by atoms with Crippen LogP contribution >= 0.6 is 0 Å². The first kappa shape index (κ1) is 16.6. The molecule has 20 heavy (non-hydrogen) atoms. The Balaban J connectivity index is 3.03. The van der Waals surface area contributed by atoms with Crippen molar-refractivity contribution in [2.24, 2.45) is 0 Å². The molecule has 0 radical (unpaired) electrons. The Morgan fingerprint density at radius 2 is 2.00 bits per heavy atom. The molecule has 7 heteroatoms. The Morgan fingerprint density at radius 3 is 2.55 bits per heavy atom. The first-order valence-electron chi connectivity index (χ1n) is 6.30. The number of hydrogen-bond donors (Lipinski definition) is 1. The molecule has 0 fully saturated rings. The molecular formula is C13H18FNO4S. The van der Waals surface area contributed by atoms with Gasteiger partial charge in [-0.1, -0.05) is 19.8 Å². The first-order chi connectivity index (χ1) is 9.30. The summed E-state index contributed by atoms with van der Waals surface area (Å²) in [7, 11) is -2.36. The Labute approximate surface area is 118 Å². The van der Waals surface area contributed by atoms with Gasteiger partial charge < -0.3 is 5.11 Å². The van der Waals surface area contributed by atoms with E-state index in [1.54, 1.807) is 0 Å². The number of benzene rings is 1. The lowest BCUT2D eigenvalue weighted by atomic mass is 10.2. The van der Waals surface area contributed by atoms with Crippen LogP contribution in [0.1, 0.15) is 36.5 Å². The van der Waals surface area contributed by atoms with Gasteiger partial charge in [-0.3, -0.25) is 0 Å². The normalized spacial score (nSPS) is 11.8. The fourth-order valence-electron chi connectivity index (χ4n) is 1.71. The highest BCUT2D eigenvalue weighted by Gasteiger charge is 2.23. The molecule has 1 N–H and O–H groups in total. The molecular weight excluding hydrogens is 285 g/mol. The molecule has 0 spiro atoms. The lowest BCUT2D eigenvalue weighted by Crippen LogP contribution is -2.28. The summed E-state index contributed by atoms with van der Waals surface area (Å²) in [5, 5.41) is 8.82. The quantitative estimate of drug-likeness (QED) is 0.785. The fourth-order valence-corrected chi connectivity index (χ4v) is 2.95. The average Bonchev–Trinajstić information content (AvgIpc) is 2.38. The van der Waals surface area contributed by atoms with E-state index >= 15 is 0 Å². The van der Waals surface area contributed by atoms with Gasteiger partial charge in [-0.25, -0.2) is 21.9 Å². The Morgan fingerprint density at radius 1 is 1.35 bits per heavy atom. The number of unbranched alkanes of at least 4 members (excludes halogenated alkanes) is 2. The molecule has 1 rings (SSSR count). The second-order valence-corrected chi connectivity index (χ2v) is 6.53. The van der Waals surface area contributed by atoms with Crippen LogP contribution in [0.2, 0.25) is 0 Å². The van der Waals surface area contributed by atoms with E-state index in [2.05, 4.69) is 0 Å². The molecule has 0 saturated carbocycles. The molecule has 0 saturated heterocycles. The number of carboxylic acid groups (broad SMARTS) is 1. The van der Waals surface area contributed by atoms with Gasteiger partial charge in [-0.2, -0.15) is 0 Å². The molecule has 0 bridgehead atoms. The molecule has 0 aliphatic heterocycles. The van der Waals surface area contributed by atoms with Crippen molar-refractivity contribution >= 4 is 16.0 Å². The maximum Gasteiger partial charge on any atom is 0.338 e. The molecule has 0 heterocycles. The number of nitrogens with zero attached hydrogens (tertiary/aromatic N) is 1. The van der Waals surface area contributed by atoms with Gasteiger partial charge in [0, 0.05) is 13.6 Å². The van der Waals surface area contributed by atoms with Crippen molar-refractivity contribution in [3.63, 3.8) is 0 Å². The maximum absolute atomic E-state index is 13.3. The summed E-state index contributed by atoms with van der Waals surface area (Å²) in [5.41, 5.74) is -0.645. The molecule has 5 nitrogen and oxygen atoms in total. The standard InChI is InChI=1S/C13H18FNO4S/c1-3-4-5-8-15(2)20(18,19)10-6-7-12(14)11(9-10)13(16)17/h6-7,9H,3-5,8H2,1-2H3,(H,16,17). The summed E-state index contributed by atoms with van der Waals surface area (Å²) >= 11 is 0. The van der Waals surface area contributed by atoms with Gasteiger partial charge in [0.25, 0.3) is 0 Å². The monoisotopic (exact) mass is 303 g/mol. The van der Waals surface area contributed by atoms with Crippen molar-refractivity contribution in [2.75, 3.05) is 13.6 Å². The molecule has 0 amide bonds. The molecule has 0 aromatic heterocycles. The smallest absolute Gasteiger partial charge is 0.338 e. The summed E-state index contributed by atoms with van der Waals surface area (Å²) in [6.07, 6.45) is 2.59. The van der Waals surface area contributed by atoms with Crippen molar-refractivity contribution < 1.29 is 22.7 Å². The van der Waals surface area contributed by atoms with Crippen LogP contribution in [0.4, 0.5) is 4.39 Å². The zero-order valence-corrected chi connectivity index (χ0v) is 12.3. The van der Waals surface area contributed by atoms with Crippen molar-refractivity contribution in [1.82, 2.24) is 4.31 Å². The van der Waals surface area contributed by atoms with Crippen LogP contribution in [-0.4, -0.2) is 37.4 Å². The Hall–Kier alpha value is -1.47. The maximum atomic E-state index is 13.3. The van der Waals surface area contributed by atoms with Crippen LogP contribution in [0.3, 0.4) is 0 Å². The summed E-state index contributed by atoms with van der Waals surface area (Å²) in [6.45, 7) is 2.35. The van der Waals surface area contributed by atoms with Crippen LogP contribution in [-0.2, 0) is 10.0 Å². The predicted molar refractivity (Wildman–Crippen MR) is 72.7 cm³/mol. The van der Waals surface area contributed by atoms with Gasteiger partial charge >= 0.3 is 5.97 Å². The third-order valence-corrected chi connectivity index (χ3v) is 4.81. The van der Waals surface area contributed by atoms with E-state index in [0.29, 0.717) is 6.54 Å². The number of carbonyl (C=O) groups is 1. The SMILES string of the molecule is CCCCCN(C)S(=O)(=O)c1ccc(F)c(C(=O)O)c1. The van der Waals surface area contributed by atoms with Gasteiger partial charge in [0.05, 0.1) is 10.5 Å². The van der Waals surface area contributed by atoms with Gasteiger partial charge in [-0.15, -0.1) is 0 Å². The molecule has 112 valence electrons. The van der Waals surface area contributed by atoms with Crippen LogP contribution in [0, 0.1) is 5.82 Å². The van der Waals surface area contributed by atoms with Crippen LogP contribution in [0.5, 0.6) is 0 Å². The van der Waals surface area contributed by atoms with E-state index in [9.17, 15) is 17.6 Å². The molecule has 0 atom stereocenters. The van der Waals surface area contributed by atoms with E-state index in [1.165, 1.54) is 7.05 Å². The lowest BCUT2D eigenvalue weighted by molar-refractivity contribution is 0.0691. The highest BCUT2D eigenvalue weighted by atomic mass is 32.2. The number of aromatic carboxylic acids is 1. The Bertz CT molecular complexity index is 586. The third-order valence-electron chi connectivity index (χ3n) is 2.95. The predicted octanol–water partition coefficient (Wildman–Crippen LogP) is 2.33. The van der Waals surface area contributed by atoms with Crippen molar-refractivity contribution in [3.05, 3.63) is 29.6 Å². The summed E-state index contributed by atoms with van der Waals surface area (Å²) < 4.78 is 38.9. The zero-order valence-electron chi connectivity index (χ0n) is 11.5. The number of hydrogen-bond acceptors (Lipinski definition) is 3.